The molecule has 0 aromatic heterocycles. The van der Waals surface area contributed by atoms with E-state index in [0.29, 0.717) is 11.9 Å². The molecule has 0 radical (unpaired) electrons. The summed E-state index contributed by atoms with van der Waals surface area (Å²) in [7, 11) is 0. The Bertz CT molecular complexity index is 368. The van der Waals surface area contributed by atoms with Gasteiger partial charge in [-0.25, -0.2) is 0 Å². The number of halogens is 1. The number of rotatable bonds is 4. The molecule has 0 aliphatic heterocycles. The molecule has 0 spiro atoms. The first-order chi connectivity index (χ1) is 6.72. The van der Waals surface area contributed by atoms with Gasteiger partial charge in [-0.1, -0.05) is 0 Å². The second kappa shape index (κ2) is 5.41. The lowest BCUT2D eigenvalue weighted by Gasteiger charge is -2.09. The summed E-state index contributed by atoms with van der Waals surface area (Å²) < 4.78 is 0. The third kappa shape index (κ3) is 2.51. The number of carbonyl (C=O) groups is 1. The Kier molecular flexibility index (Phi) is 4.48. The molecule has 1 aromatic rings. The largest absolute Gasteiger partial charge is 0.358 e. The van der Waals surface area contributed by atoms with Crippen LogP contribution in [0.2, 0.25) is 0 Å². The average Bonchev–Trinajstić information content (AvgIpc) is 2.20. The third-order valence-electron chi connectivity index (χ3n) is 1.90. The highest BCUT2D eigenvalue weighted by atomic mass is 127. The first kappa shape index (κ1) is 11.6. The van der Waals surface area contributed by atoms with E-state index in [4.69, 9.17) is 5.41 Å². The van der Waals surface area contributed by atoms with Crippen LogP contribution in [-0.4, -0.2) is 12.5 Å². The first-order valence-electron chi connectivity index (χ1n) is 3.95. The normalized spacial score (nSPS) is 10.4. The predicted octanol–water partition coefficient (Wildman–Crippen LogP) is 3.16. The molecule has 74 valence electrons. The van der Waals surface area contributed by atoms with Crippen molar-refractivity contribution >= 4 is 46.6 Å². The maximum absolute atomic E-state index is 10.7. The molecule has 0 saturated heterocycles. The smallest absolute Gasteiger partial charge is 0.150 e. The minimum absolute atomic E-state index is 0.530. The molecule has 2 N–H and O–H groups in total. The van der Waals surface area contributed by atoms with Crippen LogP contribution in [-0.2, 0) is 0 Å². The van der Waals surface area contributed by atoms with Crippen molar-refractivity contribution in [3.05, 3.63) is 28.8 Å². The Morgan fingerprint density at radius 1 is 1.50 bits per heavy atom. The number of hydrogen-bond donors (Lipinski definition) is 2. The molecule has 1 atom stereocenters. The monoisotopic (exact) mass is 320 g/mol. The van der Waals surface area contributed by atoms with Crippen molar-refractivity contribution in [2.24, 2.45) is 0 Å². The minimum Gasteiger partial charge on any atom is -0.358 e. The van der Waals surface area contributed by atoms with Crippen LogP contribution in [0.1, 0.15) is 21.5 Å². The average molecular weight is 320 g/mol. The molecule has 1 aromatic carbocycles. The molecule has 1 rings (SSSR count). The van der Waals surface area contributed by atoms with Crippen molar-refractivity contribution in [1.29, 1.82) is 5.41 Å². The fourth-order valence-electron chi connectivity index (χ4n) is 1.15. The zero-order valence-corrected chi connectivity index (χ0v) is 10.8. The highest BCUT2D eigenvalue weighted by molar-refractivity contribution is 14.2. The molecule has 0 saturated carbocycles. The van der Waals surface area contributed by atoms with Gasteiger partial charge < -0.3 is 10.5 Å². The third-order valence-corrected chi connectivity index (χ3v) is 3.08. The van der Waals surface area contributed by atoms with Crippen LogP contribution in [0.3, 0.4) is 0 Å². The van der Waals surface area contributed by atoms with E-state index in [2.05, 4.69) is 27.1 Å². The molecule has 0 amide bonds. The van der Waals surface area contributed by atoms with E-state index in [1.807, 2.05) is 13.0 Å². The van der Waals surface area contributed by atoms with Gasteiger partial charge in [0.05, 0.1) is 0 Å². The number of aldehydes is 1. The second-order valence-corrected chi connectivity index (χ2v) is 4.83. The number of nitrogens with one attached hydrogen (secondary N) is 2. The molecule has 5 heteroatoms. The Morgan fingerprint density at radius 3 is 2.71 bits per heavy atom. The van der Waals surface area contributed by atoms with E-state index in [0.717, 1.165) is 23.1 Å². The van der Waals surface area contributed by atoms with Gasteiger partial charge in [0.25, 0.3) is 0 Å². The van der Waals surface area contributed by atoms with Crippen molar-refractivity contribution in [2.45, 2.75) is 6.92 Å². The molecule has 1 unspecified atom stereocenters. The predicted molar refractivity (Wildman–Crippen MR) is 70.4 cm³/mol. The molecular weight excluding hydrogens is 310 g/mol. The molecule has 0 bridgehead atoms. The maximum Gasteiger partial charge on any atom is 0.150 e. The Balaban J connectivity index is 3.24. The van der Waals surface area contributed by atoms with Crippen molar-refractivity contribution < 1.29 is 4.79 Å². The van der Waals surface area contributed by atoms with Gasteiger partial charge in [0.15, 0.2) is 0 Å². The van der Waals surface area contributed by atoms with E-state index in [1.54, 1.807) is 6.07 Å². The van der Waals surface area contributed by atoms with E-state index in [9.17, 15) is 4.79 Å². The number of carbonyl (C=O) groups excluding carboxylic acids is 1. The van der Waals surface area contributed by atoms with Crippen LogP contribution in [0.5, 0.6) is 0 Å². The molecule has 0 fully saturated rings. The zero-order valence-electron chi connectivity index (χ0n) is 7.60. The lowest BCUT2D eigenvalue weighted by Crippen LogP contribution is -1.95. The summed E-state index contributed by atoms with van der Waals surface area (Å²) in [6.45, 7) is 1.87. The highest BCUT2D eigenvalue weighted by Crippen LogP contribution is 2.27. The SMILES string of the molecule is Cc1cc(C=N)c(NPI)cc1C=O. The summed E-state index contributed by atoms with van der Waals surface area (Å²) in [5, 5.41) is 10.4. The maximum atomic E-state index is 10.7. The molecule has 3 nitrogen and oxygen atoms in total. The van der Waals surface area contributed by atoms with E-state index < -0.39 is 0 Å². The molecule has 0 aliphatic carbocycles. The summed E-state index contributed by atoms with van der Waals surface area (Å²) in [6.07, 6.45) is 2.66. The fourth-order valence-corrected chi connectivity index (χ4v) is 2.34. The van der Waals surface area contributed by atoms with Crippen LogP contribution in [0.25, 0.3) is 0 Å². The van der Waals surface area contributed by atoms with E-state index in [1.165, 1.54) is 6.21 Å². The lowest BCUT2D eigenvalue weighted by atomic mass is 10.0. The van der Waals surface area contributed by atoms with Crippen molar-refractivity contribution in [1.82, 2.24) is 0 Å². The quantitative estimate of drug-likeness (QED) is 0.387. The van der Waals surface area contributed by atoms with Gasteiger partial charge in [-0.3, -0.25) is 4.79 Å². The number of hydrogen-bond acceptors (Lipinski definition) is 3. The highest BCUT2D eigenvalue weighted by Gasteiger charge is 2.04. The Morgan fingerprint density at radius 2 is 2.21 bits per heavy atom. The number of aryl methyl sites for hydroxylation is 1. The lowest BCUT2D eigenvalue weighted by molar-refractivity contribution is 0.112. The van der Waals surface area contributed by atoms with Gasteiger partial charge >= 0.3 is 0 Å². The Labute approximate surface area is 97.5 Å². The van der Waals surface area contributed by atoms with E-state index >= 15 is 0 Å². The summed E-state index contributed by atoms with van der Waals surface area (Å²) >= 11 is 2.21. The van der Waals surface area contributed by atoms with Crippen LogP contribution in [0, 0.1) is 12.3 Å². The second-order valence-electron chi connectivity index (χ2n) is 2.78. The molecule has 0 aliphatic rings. The zero-order chi connectivity index (χ0) is 10.6. The van der Waals surface area contributed by atoms with Crippen LogP contribution in [0.15, 0.2) is 12.1 Å². The van der Waals surface area contributed by atoms with Gasteiger partial charge in [-0.15, -0.1) is 0 Å². The molecule has 14 heavy (non-hydrogen) atoms. The van der Waals surface area contributed by atoms with Crippen LogP contribution in [0.4, 0.5) is 5.69 Å². The standard InChI is InChI=1S/C9H10IN2OP/c1-6-2-7(4-11)9(12-14-10)3-8(6)5-13/h2-5,11-12,14H,1H3. The fraction of sp³-hybridized carbons (Fsp3) is 0.111. The topological polar surface area (TPSA) is 53.0 Å². The van der Waals surface area contributed by atoms with Gasteiger partial charge in [0, 0.05) is 29.4 Å². The van der Waals surface area contributed by atoms with Crippen molar-refractivity contribution in [2.75, 3.05) is 5.09 Å². The van der Waals surface area contributed by atoms with Crippen molar-refractivity contribution in [3.8, 4) is 0 Å². The van der Waals surface area contributed by atoms with Gasteiger partial charge in [0.2, 0.25) is 0 Å². The summed E-state index contributed by atoms with van der Waals surface area (Å²) in [5.74, 6) is 0. The summed E-state index contributed by atoms with van der Waals surface area (Å²) in [6, 6.07) is 3.63. The van der Waals surface area contributed by atoms with Crippen LogP contribution < -0.4 is 5.09 Å². The summed E-state index contributed by atoms with van der Waals surface area (Å²) in [4.78, 5) is 10.7. The van der Waals surface area contributed by atoms with Gasteiger partial charge in [-0.05, 0) is 46.7 Å². The molecular formula is C9H10IN2OP. The van der Waals surface area contributed by atoms with Gasteiger partial charge in [-0.2, -0.15) is 0 Å². The van der Waals surface area contributed by atoms with Crippen molar-refractivity contribution in [3.63, 3.8) is 0 Å². The van der Waals surface area contributed by atoms with Gasteiger partial charge in [0.1, 0.15) is 6.29 Å². The van der Waals surface area contributed by atoms with E-state index in [-0.39, 0.29) is 0 Å². The first-order valence-corrected chi connectivity index (χ1v) is 8.06. The number of benzene rings is 1. The number of anilines is 1. The summed E-state index contributed by atoms with van der Waals surface area (Å²) in [5.41, 5.74) is 3.24. The van der Waals surface area contributed by atoms with Crippen LogP contribution >= 0.6 is 28.4 Å². The minimum atomic E-state index is 0.530. The molecule has 0 heterocycles. The Hall–Kier alpha value is -0.480.